The van der Waals surface area contributed by atoms with Gasteiger partial charge in [0.15, 0.2) is 0 Å². The molecule has 0 amide bonds. The first kappa shape index (κ1) is 73.5. The smallest absolute Gasteiger partial charge is 0.135 e. The summed E-state index contributed by atoms with van der Waals surface area (Å²) in [6.07, 6.45) is 0. The summed E-state index contributed by atoms with van der Waals surface area (Å²) in [5, 5.41) is 4.52. The maximum Gasteiger partial charge on any atom is 0.135 e. The van der Waals surface area contributed by atoms with Gasteiger partial charge in [-0.1, -0.05) is 394 Å². The fourth-order valence-corrected chi connectivity index (χ4v) is 25.3. The molecule has 6 aliphatic rings. The largest absolute Gasteiger partial charge is 0.456 e. The van der Waals surface area contributed by atoms with Crippen molar-refractivity contribution in [2.45, 2.75) is 21.7 Å². The van der Waals surface area contributed by atoms with Gasteiger partial charge in [0.05, 0.1) is 27.3 Å². The van der Waals surface area contributed by atoms with Crippen molar-refractivity contribution in [3.63, 3.8) is 0 Å². The van der Waals surface area contributed by atoms with Gasteiger partial charge in [0.2, 0.25) is 0 Å². The Balaban J connectivity index is 0.549. The van der Waals surface area contributed by atoms with E-state index in [1.807, 2.05) is 0 Å². The maximum absolute atomic E-state index is 6.94. The lowest BCUT2D eigenvalue weighted by atomic mass is 9.52. The topological polar surface area (TPSA) is 19.6 Å². The summed E-state index contributed by atoms with van der Waals surface area (Å²) in [4.78, 5) is 4.84. The van der Waals surface area contributed by atoms with Crippen LogP contribution in [0.25, 0.3) is 122 Å². The summed E-state index contributed by atoms with van der Waals surface area (Å²) >= 11 is 0. The van der Waals surface area contributed by atoms with Crippen LogP contribution >= 0.6 is 0 Å². The van der Waals surface area contributed by atoms with Crippen LogP contribution < -0.4 is 9.80 Å². The van der Waals surface area contributed by atoms with E-state index in [-0.39, 0.29) is 0 Å². The predicted molar refractivity (Wildman–Crippen MR) is 539 cm³/mol. The molecule has 0 aliphatic heterocycles. The van der Waals surface area contributed by atoms with Gasteiger partial charge in [-0.15, -0.1) is 0 Å². The molecule has 0 saturated carbocycles. The summed E-state index contributed by atoms with van der Waals surface area (Å²) in [7, 11) is 0. The van der Waals surface area contributed by atoms with Crippen molar-refractivity contribution in [1.29, 1.82) is 0 Å². The Labute approximate surface area is 760 Å². The van der Waals surface area contributed by atoms with Crippen molar-refractivity contribution < 1.29 is 4.42 Å². The molecule has 0 atom stereocenters. The Morgan fingerprint density at radius 2 is 0.473 bits per heavy atom. The number of hydrogen-bond acceptors (Lipinski definition) is 3. The van der Waals surface area contributed by atoms with Gasteiger partial charge in [-0.3, -0.25) is 0 Å². The van der Waals surface area contributed by atoms with Gasteiger partial charge in [-0.05, 0) is 274 Å². The number of anilines is 6. The number of nitrogens with zero attached hydrogens (tertiary/aromatic N) is 2. The third kappa shape index (κ3) is 9.91. The molecule has 1 aromatic heterocycles. The zero-order valence-corrected chi connectivity index (χ0v) is 71.5. The molecule has 22 aromatic rings. The Bertz CT molecular complexity index is 8440. The molecule has 1 heterocycles. The molecule has 0 unspecified atom stereocenters. The fourth-order valence-electron chi connectivity index (χ4n) is 25.3. The summed E-state index contributed by atoms with van der Waals surface area (Å²) < 4.78 is 6.94. The molecule has 0 fully saturated rings. The van der Waals surface area contributed by atoms with Gasteiger partial charge in [0, 0.05) is 44.8 Å². The normalized spacial score (nSPS) is 14.2. The number of para-hydroxylation sites is 2. The first-order valence-corrected chi connectivity index (χ1v) is 45.8. The molecule has 28 rings (SSSR count). The van der Waals surface area contributed by atoms with Crippen molar-refractivity contribution >= 4 is 66.8 Å². The van der Waals surface area contributed by atoms with Crippen molar-refractivity contribution in [2.75, 3.05) is 9.80 Å². The van der Waals surface area contributed by atoms with E-state index in [9.17, 15) is 0 Å². The number of furan rings is 1. The molecule has 608 valence electrons. The summed E-state index contributed by atoms with van der Waals surface area (Å²) in [6.45, 7) is 0. The highest BCUT2D eigenvalue weighted by Crippen LogP contribution is 2.71. The minimum absolute atomic E-state index is 0.514. The van der Waals surface area contributed by atoms with Crippen LogP contribution in [-0.4, -0.2) is 0 Å². The Morgan fingerprint density at radius 3 is 1.02 bits per heavy atom. The molecular weight excluding hydrogens is 1580 g/mol. The standard InChI is InChI=1S/C128H80N2O/c1-3-33-82(34-4-1)93-40-14-28-63-120(93)130(91-71-64-81-32-7-8-35-84(81)76-91)90-39-29-36-85(77-90)86-67-73-109-101(78-86)98-43-11-17-50-106(98)126(109)112-55-22-26-59-116(112)128(117-60-27-23-56-113(117)126)108-52-19-13-45-100(108)124-95(47-31-62-119(124)128)87-68-74-121-102(79-87)103-80-92(72-75-122(103)131-121)129(88-37-5-2-6-38-88)89-69-65-83(66-70-89)94-46-30-61-118-123(94)99-44-12-18-51-107(99)127(118)114-57-24-20-53-110(114)125(111-54-21-25-58-115(111)127)104-48-15-9-41-96(104)97-42-10-16-49-105(97)125/h1-80H. The van der Waals surface area contributed by atoms with Crippen LogP contribution in [-0.2, 0) is 21.7 Å². The number of rotatable bonds is 10. The van der Waals surface area contributed by atoms with Crippen LogP contribution in [0.3, 0.4) is 0 Å². The first-order chi connectivity index (χ1) is 65.0. The highest BCUT2D eigenvalue weighted by molar-refractivity contribution is 6.10. The third-order valence-electron chi connectivity index (χ3n) is 30.2. The lowest BCUT2D eigenvalue weighted by molar-refractivity contribution is 0.633. The molecule has 6 aliphatic carbocycles. The highest BCUT2D eigenvalue weighted by Gasteiger charge is 2.62. The second-order valence-electron chi connectivity index (χ2n) is 36.1. The maximum atomic E-state index is 6.94. The molecule has 0 N–H and O–H groups in total. The van der Waals surface area contributed by atoms with Gasteiger partial charge in [0.25, 0.3) is 0 Å². The second-order valence-corrected chi connectivity index (χ2v) is 36.1. The van der Waals surface area contributed by atoms with Crippen LogP contribution in [0, 0.1) is 0 Å². The molecule has 0 bridgehead atoms. The van der Waals surface area contributed by atoms with E-state index in [0.29, 0.717) is 0 Å². The van der Waals surface area contributed by atoms with E-state index in [2.05, 4.69) is 495 Å². The average molecular weight is 1660 g/mol. The predicted octanol–water partition coefficient (Wildman–Crippen LogP) is 32.4. The molecule has 4 spiro atoms. The van der Waals surface area contributed by atoms with E-state index in [1.165, 1.54) is 161 Å². The Morgan fingerprint density at radius 1 is 0.153 bits per heavy atom. The minimum Gasteiger partial charge on any atom is -0.456 e. The van der Waals surface area contributed by atoms with Crippen LogP contribution in [0.5, 0.6) is 0 Å². The Hall–Kier alpha value is -16.7. The van der Waals surface area contributed by atoms with Gasteiger partial charge >= 0.3 is 0 Å². The van der Waals surface area contributed by atoms with E-state index in [4.69, 9.17) is 4.42 Å². The number of fused-ring (bicyclic) bond motifs is 36. The van der Waals surface area contributed by atoms with Crippen molar-refractivity contribution in [3.8, 4) is 89.0 Å². The highest BCUT2D eigenvalue weighted by atomic mass is 16.3. The summed E-state index contributed by atoms with van der Waals surface area (Å²) in [5.41, 5.74) is 46.1. The van der Waals surface area contributed by atoms with Gasteiger partial charge in [-0.2, -0.15) is 0 Å². The minimum atomic E-state index is -0.694. The molecule has 21 aromatic carbocycles. The summed E-state index contributed by atoms with van der Waals surface area (Å²) in [6, 6.07) is 183. The first-order valence-electron chi connectivity index (χ1n) is 45.8. The van der Waals surface area contributed by atoms with Crippen molar-refractivity contribution in [1.82, 2.24) is 0 Å². The van der Waals surface area contributed by atoms with Crippen LogP contribution in [0.4, 0.5) is 34.1 Å². The SMILES string of the molecule is c1ccc(-c2ccccc2N(c2cccc(-c3ccc4c(c3)-c3ccccc3C43c4ccccc4C4(c5ccccc5-c5c(-c6ccc7oc8ccc(N(c9ccccc9)c9ccc(-c%10cccc%11c%10-c%10ccccc%10C%11%10c%11ccccc%11C%11(c%12ccccc%12-c%12ccccc%12%11)c%11ccccc%11%10)cc9)cc8c7c6)cccc54)c4ccccc43)c2)c2ccc3ccccc3c2)cc1. The monoisotopic (exact) mass is 1660 g/mol. The van der Waals surface area contributed by atoms with E-state index >= 15 is 0 Å². The average Bonchev–Trinajstić information content (AvgIpc) is 1.51. The molecular formula is C128H80N2O. The lowest BCUT2D eigenvalue weighted by Gasteiger charge is -2.48. The zero-order chi connectivity index (χ0) is 85.8. The van der Waals surface area contributed by atoms with Gasteiger partial charge in [0.1, 0.15) is 11.2 Å². The zero-order valence-electron chi connectivity index (χ0n) is 71.5. The van der Waals surface area contributed by atoms with Gasteiger partial charge < -0.3 is 14.2 Å². The number of benzene rings is 21. The molecule has 3 heteroatoms. The van der Waals surface area contributed by atoms with Gasteiger partial charge in [-0.25, -0.2) is 0 Å². The number of hydrogen-bond donors (Lipinski definition) is 0. The third-order valence-corrected chi connectivity index (χ3v) is 30.2. The van der Waals surface area contributed by atoms with Crippen LogP contribution in [0.15, 0.2) is 490 Å². The lowest BCUT2D eigenvalue weighted by Crippen LogP contribution is -2.43. The molecule has 131 heavy (non-hydrogen) atoms. The quantitative estimate of drug-likeness (QED) is 0.136. The second kappa shape index (κ2) is 27.9. The summed E-state index contributed by atoms with van der Waals surface area (Å²) in [5.74, 6) is 0. The molecule has 0 saturated heterocycles. The molecule has 3 nitrogen and oxygen atoms in total. The van der Waals surface area contributed by atoms with E-state index < -0.39 is 21.7 Å². The Kier molecular flexibility index (Phi) is 15.6. The molecule has 0 radical (unpaired) electrons. The van der Waals surface area contributed by atoms with E-state index in [0.717, 1.165) is 83.9 Å². The van der Waals surface area contributed by atoms with E-state index in [1.54, 1.807) is 0 Å². The van der Waals surface area contributed by atoms with Crippen LogP contribution in [0.1, 0.15) is 89.0 Å². The van der Waals surface area contributed by atoms with Crippen molar-refractivity contribution in [3.05, 3.63) is 574 Å². The fraction of sp³-hybridized carbons (Fsp3) is 0.0312. The van der Waals surface area contributed by atoms with Crippen LogP contribution in [0.2, 0.25) is 0 Å². The van der Waals surface area contributed by atoms with Crippen molar-refractivity contribution in [2.24, 2.45) is 0 Å².